The number of fused-ring (bicyclic) bond motifs is 3. The van der Waals surface area contributed by atoms with Crippen molar-refractivity contribution in [2.24, 2.45) is 0 Å². The van der Waals surface area contributed by atoms with Crippen molar-refractivity contribution >= 4 is 28.6 Å². The minimum absolute atomic E-state index is 0.118. The third-order valence-electron chi connectivity index (χ3n) is 6.99. The maximum absolute atomic E-state index is 13.8. The van der Waals surface area contributed by atoms with E-state index < -0.39 is 5.54 Å². The SMILES string of the molecule is CCOc1ccc(N2C(=O)c3cc4occc4n3C[C@@]2(C)C(=O)NC2CCCCCC2)cc1. The van der Waals surface area contributed by atoms with Gasteiger partial charge in [0.2, 0.25) is 5.91 Å². The smallest absolute Gasteiger partial charge is 0.276 e. The van der Waals surface area contributed by atoms with Gasteiger partial charge in [-0.2, -0.15) is 0 Å². The van der Waals surface area contributed by atoms with Crippen molar-refractivity contribution in [3.63, 3.8) is 0 Å². The standard InChI is InChI=1S/C26H31N3O4/c1-3-32-20-12-10-19(11-13-20)29-24(30)22-16-23-21(14-15-33-23)28(22)17-26(29,2)25(31)27-18-8-6-4-5-7-9-18/h10-16,18H,3-9,17H2,1-2H3,(H,27,31)/t26-/m0/s1. The van der Waals surface area contributed by atoms with Gasteiger partial charge in [-0.05, 0) is 51.0 Å². The molecule has 1 aliphatic carbocycles. The van der Waals surface area contributed by atoms with Crippen LogP contribution >= 0.6 is 0 Å². The van der Waals surface area contributed by atoms with Gasteiger partial charge in [0.25, 0.3) is 5.91 Å². The lowest BCUT2D eigenvalue weighted by molar-refractivity contribution is -0.127. The first kappa shape index (κ1) is 21.6. The fraction of sp³-hybridized carbons (Fsp3) is 0.462. The van der Waals surface area contributed by atoms with Crippen molar-refractivity contribution in [3.8, 4) is 5.75 Å². The number of carbonyl (C=O) groups excluding carboxylic acids is 2. The summed E-state index contributed by atoms with van der Waals surface area (Å²) in [4.78, 5) is 29.3. The molecule has 1 aromatic carbocycles. The van der Waals surface area contributed by atoms with Crippen molar-refractivity contribution in [2.45, 2.75) is 70.5 Å². The molecule has 1 aliphatic heterocycles. The van der Waals surface area contributed by atoms with Gasteiger partial charge in [-0.1, -0.05) is 25.7 Å². The van der Waals surface area contributed by atoms with Gasteiger partial charge in [-0.3, -0.25) is 14.5 Å². The Morgan fingerprint density at radius 3 is 2.58 bits per heavy atom. The van der Waals surface area contributed by atoms with Crippen LogP contribution in [0.1, 0.15) is 62.9 Å². The Labute approximate surface area is 193 Å². The lowest BCUT2D eigenvalue weighted by Gasteiger charge is -2.44. The van der Waals surface area contributed by atoms with Gasteiger partial charge >= 0.3 is 0 Å². The predicted octanol–water partition coefficient (Wildman–Crippen LogP) is 4.89. The Kier molecular flexibility index (Phi) is 5.64. The summed E-state index contributed by atoms with van der Waals surface area (Å²) in [5, 5.41) is 3.29. The van der Waals surface area contributed by atoms with Crippen LogP contribution in [0.2, 0.25) is 0 Å². The quantitative estimate of drug-likeness (QED) is 0.563. The number of carbonyl (C=O) groups is 2. The molecule has 3 aromatic rings. The van der Waals surface area contributed by atoms with Gasteiger partial charge in [0.05, 0.1) is 24.9 Å². The van der Waals surface area contributed by atoms with E-state index >= 15 is 0 Å². The molecule has 5 rings (SSSR count). The lowest BCUT2D eigenvalue weighted by Crippen LogP contribution is -2.65. The van der Waals surface area contributed by atoms with Crippen molar-refractivity contribution in [3.05, 3.63) is 48.4 Å². The average molecular weight is 450 g/mol. The summed E-state index contributed by atoms with van der Waals surface area (Å²) in [6, 6.07) is 11.1. The van der Waals surface area contributed by atoms with Crippen LogP contribution < -0.4 is 15.0 Å². The molecule has 0 saturated heterocycles. The number of anilines is 1. The van der Waals surface area contributed by atoms with E-state index in [2.05, 4.69) is 5.32 Å². The van der Waals surface area contributed by atoms with Gasteiger partial charge in [0, 0.05) is 23.9 Å². The topological polar surface area (TPSA) is 76.7 Å². The number of nitrogens with zero attached hydrogens (tertiary/aromatic N) is 2. The van der Waals surface area contributed by atoms with Crippen LogP contribution in [0.25, 0.3) is 11.1 Å². The summed E-state index contributed by atoms with van der Waals surface area (Å²) in [6.07, 6.45) is 8.27. The van der Waals surface area contributed by atoms with Crippen LogP contribution in [-0.4, -0.2) is 34.6 Å². The lowest BCUT2D eigenvalue weighted by atomic mass is 9.92. The van der Waals surface area contributed by atoms with Gasteiger partial charge < -0.3 is 19.0 Å². The van der Waals surface area contributed by atoms with E-state index in [9.17, 15) is 9.59 Å². The van der Waals surface area contributed by atoms with Gasteiger partial charge in [-0.25, -0.2) is 0 Å². The Morgan fingerprint density at radius 2 is 1.88 bits per heavy atom. The maximum Gasteiger partial charge on any atom is 0.276 e. The normalized spacial score (nSPS) is 21.6. The molecule has 0 bridgehead atoms. The number of aromatic nitrogens is 1. The molecule has 7 nitrogen and oxygen atoms in total. The molecule has 0 radical (unpaired) electrons. The minimum atomic E-state index is -1.09. The van der Waals surface area contributed by atoms with Crippen LogP contribution in [0.4, 0.5) is 5.69 Å². The molecule has 2 aliphatic rings. The maximum atomic E-state index is 13.8. The van der Waals surface area contributed by atoms with E-state index in [1.54, 1.807) is 17.2 Å². The van der Waals surface area contributed by atoms with E-state index in [4.69, 9.17) is 9.15 Å². The third kappa shape index (κ3) is 3.79. The first-order valence-corrected chi connectivity index (χ1v) is 12.0. The van der Waals surface area contributed by atoms with E-state index in [0.717, 1.165) is 36.9 Å². The molecule has 2 aromatic heterocycles. The average Bonchev–Trinajstić information content (AvgIpc) is 3.30. The zero-order valence-corrected chi connectivity index (χ0v) is 19.3. The summed E-state index contributed by atoms with van der Waals surface area (Å²) < 4.78 is 13.0. The highest BCUT2D eigenvalue weighted by Crippen LogP contribution is 2.37. The number of hydrogen-bond acceptors (Lipinski definition) is 4. The number of rotatable bonds is 5. The van der Waals surface area contributed by atoms with Crippen molar-refractivity contribution < 1.29 is 18.7 Å². The molecule has 2 amide bonds. The highest BCUT2D eigenvalue weighted by Gasteiger charge is 2.49. The van der Waals surface area contributed by atoms with E-state index in [-0.39, 0.29) is 17.9 Å². The molecule has 1 N–H and O–H groups in total. The first-order valence-electron chi connectivity index (χ1n) is 12.0. The summed E-state index contributed by atoms with van der Waals surface area (Å²) in [7, 11) is 0. The molecule has 1 atom stereocenters. The van der Waals surface area contributed by atoms with Crippen LogP contribution in [0.3, 0.4) is 0 Å². The number of amides is 2. The number of hydrogen-bond donors (Lipinski definition) is 1. The molecule has 7 heteroatoms. The Morgan fingerprint density at radius 1 is 1.15 bits per heavy atom. The Balaban J connectivity index is 1.54. The van der Waals surface area contributed by atoms with E-state index in [1.165, 1.54) is 12.8 Å². The highest BCUT2D eigenvalue weighted by molar-refractivity contribution is 6.13. The molecule has 1 saturated carbocycles. The highest BCUT2D eigenvalue weighted by atomic mass is 16.5. The molecule has 3 heterocycles. The third-order valence-corrected chi connectivity index (χ3v) is 6.99. The summed E-state index contributed by atoms with van der Waals surface area (Å²) in [5.74, 6) is 0.402. The predicted molar refractivity (Wildman–Crippen MR) is 127 cm³/mol. The summed E-state index contributed by atoms with van der Waals surface area (Å²) in [5.41, 5.74) is 1.59. The minimum Gasteiger partial charge on any atom is -0.494 e. The number of ether oxygens (including phenoxy) is 1. The molecule has 33 heavy (non-hydrogen) atoms. The molecular weight excluding hydrogens is 418 g/mol. The summed E-state index contributed by atoms with van der Waals surface area (Å²) in [6.45, 7) is 4.71. The molecule has 174 valence electrons. The number of furan rings is 1. The van der Waals surface area contributed by atoms with E-state index in [0.29, 0.717) is 30.1 Å². The van der Waals surface area contributed by atoms with Crippen molar-refractivity contribution in [1.29, 1.82) is 0 Å². The van der Waals surface area contributed by atoms with Crippen LogP contribution in [0.5, 0.6) is 5.75 Å². The fourth-order valence-electron chi connectivity index (χ4n) is 5.24. The van der Waals surface area contributed by atoms with Gasteiger partial charge in [0.15, 0.2) is 5.58 Å². The Hall–Kier alpha value is -3.22. The van der Waals surface area contributed by atoms with Crippen LogP contribution in [0, 0.1) is 0 Å². The largest absolute Gasteiger partial charge is 0.494 e. The van der Waals surface area contributed by atoms with Crippen molar-refractivity contribution in [2.75, 3.05) is 11.5 Å². The van der Waals surface area contributed by atoms with Gasteiger partial charge in [0.1, 0.15) is 17.0 Å². The zero-order valence-electron chi connectivity index (χ0n) is 19.3. The monoisotopic (exact) mass is 449 g/mol. The second-order valence-electron chi connectivity index (χ2n) is 9.29. The second kappa shape index (κ2) is 8.61. The van der Waals surface area contributed by atoms with E-state index in [1.807, 2.05) is 48.7 Å². The molecule has 0 unspecified atom stereocenters. The second-order valence-corrected chi connectivity index (χ2v) is 9.29. The molecule has 0 spiro atoms. The molecular formula is C26H31N3O4. The van der Waals surface area contributed by atoms with Crippen molar-refractivity contribution in [1.82, 2.24) is 9.88 Å². The summed E-state index contributed by atoms with van der Waals surface area (Å²) >= 11 is 0. The number of nitrogens with one attached hydrogen (secondary N) is 1. The zero-order chi connectivity index (χ0) is 23.0. The molecule has 1 fully saturated rings. The van der Waals surface area contributed by atoms with Crippen LogP contribution in [-0.2, 0) is 11.3 Å². The number of benzene rings is 1. The first-order chi connectivity index (χ1) is 16.0. The van der Waals surface area contributed by atoms with Crippen LogP contribution in [0.15, 0.2) is 47.1 Å². The fourth-order valence-corrected chi connectivity index (χ4v) is 5.24. The van der Waals surface area contributed by atoms with Gasteiger partial charge in [-0.15, -0.1) is 0 Å². The Bertz CT molecular complexity index is 1150.